The fourth-order valence-corrected chi connectivity index (χ4v) is 2.08. The summed E-state index contributed by atoms with van der Waals surface area (Å²) in [5.41, 5.74) is 0. The summed E-state index contributed by atoms with van der Waals surface area (Å²) in [6.07, 6.45) is 1.88. The molecule has 2 N–H and O–H groups in total. The highest BCUT2D eigenvalue weighted by Crippen LogP contribution is 2.12. The molecular weight excluding hydrogens is 375 g/mol. The van der Waals surface area contributed by atoms with Crippen LogP contribution in [0.3, 0.4) is 0 Å². The van der Waals surface area contributed by atoms with Crippen molar-refractivity contribution in [3.8, 4) is 0 Å². The average Bonchev–Trinajstić information content (AvgIpc) is 2.77. The van der Waals surface area contributed by atoms with E-state index in [1.165, 1.54) is 4.88 Å². The van der Waals surface area contributed by atoms with E-state index < -0.39 is 0 Å². The molecule has 0 atom stereocenters. The van der Waals surface area contributed by atoms with E-state index in [0.29, 0.717) is 13.2 Å². The molecule has 0 saturated heterocycles. The predicted molar refractivity (Wildman–Crippen MR) is 91.6 cm³/mol. The third-order valence-corrected chi connectivity index (χ3v) is 3.05. The summed E-state index contributed by atoms with van der Waals surface area (Å²) < 4.78 is 5.27. The van der Waals surface area contributed by atoms with Gasteiger partial charge in [0.25, 0.3) is 0 Å². The molecule has 1 heterocycles. The maximum absolute atomic E-state index is 5.27. The lowest BCUT2D eigenvalue weighted by atomic mass is 10.5. The molecule has 0 aliphatic heterocycles. The van der Waals surface area contributed by atoms with Crippen molar-refractivity contribution >= 4 is 41.3 Å². The second-order valence-corrected chi connectivity index (χ2v) is 4.98. The number of thiazole rings is 1. The van der Waals surface area contributed by atoms with E-state index in [1.54, 1.807) is 11.3 Å². The van der Waals surface area contributed by atoms with E-state index in [1.807, 2.05) is 20.0 Å². The third kappa shape index (κ3) is 8.38. The summed E-state index contributed by atoms with van der Waals surface area (Å²) in [6.45, 7) is 9.76. The highest BCUT2D eigenvalue weighted by molar-refractivity contribution is 14.0. The molecule has 1 rings (SSSR count). The van der Waals surface area contributed by atoms with Gasteiger partial charge in [-0.25, -0.2) is 9.98 Å². The SMILES string of the molecule is CCNC(=NCc1cnc(C)s1)NCCOCC.I. The Morgan fingerprint density at radius 3 is 2.79 bits per heavy atom. The second kappa shape index (κ2) is 11.4. The number of hydrogen-bond acceptors (Lipinski definition) is 4. The van der Waals surface area contributed by atoms with E-state index in [0.717, 1.165) is 30.7 Å². The minimum absolute atomic E-state index is 0. The highest BCUT2D eigenvalue weighted by Gasteiger charge is 1.99. The van der Waals surface area contributed by atoms with Gasteiger partial charge in [0, 0.05) is 30.8 Å². The number of nitrogens with one attached hydrogen (secondary N) is 2. The molecule has 0 fully saturated rings. The Balaban J connectivity index is 0.00000324. The molecule has 0 radical (unpaired) electrons. The van der Waals surface area contributed by atoms with Gasteiger partial charge in [-0.2, -0.15) is 0 Å². The third-order valence-electron chi connectivity index (χ3n) is 2.15. The van der Waals surface area contributed by atoms with Crippen LogP contribution in [-0.2, 0) is 11.3 Å². The van der Waals surface area contributed by atoms with Crippen LogP contribution in [0.5, 0.6) is 0 Å². The van der Waals surface area contributed by atoms with Gasteiger partial charge in [0.15, 0.2) is 5.96 Å². The van der Waals surface area contributed by atoms with Gasteiger partial charge >= 0.3 is 0 Å². The van der Waals surface area contributed by atoms with Crippen molar-refractivity contribution in [2.45, 2.75) is 27.3 Å². The zero-order valence-electron chi connectivity index (χ0n) is 11.7. The van der Waals surface area contributed by atoms with Crippen LogP contribution in [0, 0.1) is 6.92 Å². The van der Waals surface area contributed by atoms with Crippen LogP contribution in [-0.4, -0.2) is 37.2 Å². The maximum atomic E-state index is 5.27. The number of halogens is 1. The van der Waals surface area contributed by atoms with Gasteiger partial charge < -0.3 is 15.4 Å². The van der Waals surface area contributed by atoms with Crippen molar-refractivity contribution in [1.29, 1.82) is 0 Å². The van der Waals surface area contributed by atoms with Crippen molar-refractivity contribution < 1.29 is 4.74 Å². The lowest BCUT2D eigenvalue weighted by molar-refractivity contribution is 0.152. The van der Waals surface area contributed by atoms with Crippen LogP contribution in [0.1, 0.15) is 23.7 Å². The molecule has 1 aromatic rings. The molecule has 0 bridgehead atoms. The zero-order valence-corrected chi connectivity index (χ0v) is 14.9. The molecule has 1 aromatic heterocycles. The number of hydrogen-bond donors (Lipinski definition) is 2. The van der Waals surface area contributed by atoms with Crippen LogP contribution in [0.4, 0.5) is 0 Å². The summed E-state index contributed by atoms with van der Waals surface area (Å²) >= 11 is 1.68. The van der Waals surface area contributed by atoms with Gasteiger partial charge in [0.2, 0.25) is 0 Å². The van der Waals surface area contributed by atoms with Crippen molar-refractivity contribution in [3.05, 3.63) is 16.1 Å². The Hall–Kier alpha value is -0.410. The smallest absolute Gasteiger partial charge is 0.191 e. The molecule has 0 saturated carbocycles. The Kier molecular flexibility index (Phi) is 11.2. The molecule has 0 aliphatic carbocycles. The molecule has 0 amide bonds. The monoisotopic (exact) mass is 398 g/mol. The Bertz CT molecular complexity index is 370. The minimum atomic E-state index is 0. The van der Waals surface area contributed by atoms with Crippen LogP contribution >= 0.6 is 35.3 Å². The Morgan fingerprint density at radius 2 is 2.21 bits per heavy atom. The second-order valence-electron chi connectivity index (χ2n) is 3.66. The Morgan fingerprint density at radius 1 is 1.42 bits per heavy atom. The zero-order chi connectivity index (χ0) is 13.2. The molecule has 5 nitrogen and oxygen atoms in total. The summed E-state index contributed by atoms with van der Waals surface area (Å²) in [5.74, 6) is 0.822. The molecule has 7 heteroatoms. The van der Waals surface area contributed by atoms with Gasteiger partial charge in [-0.15, -0.1) is 35.3 Å². The van der Waals surface area contributed by atoms with E-state index in [9.17, 15) is 0 Å². The number of rotatable bonds is 7. The predicted octanol–water partition coefficient (Wildman–Crippen LogP) is 2.16. The normalized spacial score (nSPS) is 11.0. The molecular formula is C12H23IN4OS. The van der Waals surface area contributed by atoms with Crippen LogP contribution in [0.25, 0.3) is 0 Å². The van der Waals surface area contributed by atoms with Crippen LogP contribution < -0.4 is 10.6 Å². The number of guanidine groups is 1. The standard InChI is InChI=1S/C12H22N4OS.HI/c1-4-13-12(14-6-7-17-5-2)16-9-11-8-15-10(3)18-11;/h8H,4-7,9H2,1-3H3,(H2,13,14,16);1H. The molecule has 0 aliphatic rings. The molecule has 0 spiro atoms. The first-order valence-electron chi connectivity index (χ1n) is 6.27. The van der Waals surface area contributed by atoms with Gasteiger partial charge in [0.1, 0.15) is 0 Å². The van der Waals surface area contributed by atoms with Gasteiger partial charge in [-0.3, -0.25) is 0 Å². The van der Waals surface area contributed by atoms with Crippen LogP contribution in [0.15, 0.2) is 11.2 Å². The fraction of sp³-hybridized carbons (Fsp3) is 0.667. The minimum Gasteiger partial charge on any atom is -0.380 e. The van der Waals surface area contributed by atoms with E-state index >= 15 is 0 Å². The van der Waals surface area contributed by atoms with E-state index in [2.05, 4.69) is 27.5 Å². The van der Waals surface area contributed by atoms with E-state index in [-0.39, 0.29) is 24.0 Å². The molecule has 0 unspecified atom stereocenters. The van der Waals surface area contributed by atoms with Gasteiger partial charge in [-0.1, -0.05) is 0 Å². The molecule has 110 valence electrons. The maximum Gasteiger partial charge on any atom is 0.191 e. The topological polar surface area (TPSA) is 58.5 Å². The quantitative estimate of drug-likeness (QED) is 0.320. The first-order valence-corrected chi connectivity index (χ1v) is 7.09. The van der Waals surface area contributed by atoms with Crippen molar-refractivity contribution in [3.63, 3.8) is 0 Å². The highest BCUT2D eigenvalue weighted by atomic mass is 127. The summed E-state index contributed by atoms with van der Waals surface area (Å²) in [7, 11) is 0. The Labute approximate surface area is 136 Å². The van der Waals surface area contributed by atoms with Gasteiger partial charge in [0.05, 0.1) is 18.2 Å². The van der Waals surface area contributed by atoms with E-state index in [4.69, 9.17) is 4.74 Å². The molecule has 0 aromatic carbocycles. The summed E-state index contributed by atoms with van der Waals surface area (Å²) in [5, 5.41) is 7.51. The fourth-order valence-electron chi connectivity index (χ4n) is 1.36. The summed E-state index contributed by atoms with van der Waals surface area (Å²) in [4.78, 5) is 9.89. The lowest BCUT2D eigenvalue weighted by Crippen LogP contribution is -2.38. The molecule has 19 heavy (non-hydrogen) atoms. The van der Waals surface area contributed by atoms with Crippen molar-refractivity contribution in [2.75, 3.05) is 26.3 Å². The number of aliphatic imine (C=N–C) groups is 1. The number of aryl methyl sites for hydroxylation is 1. The first kappa shape index (κ1) is 18.6. The van der Waals surface area contributed by atoms with Crippen LogP contribution in [0.2, 0.25) is 0 Å². The lowest BCUT2D eigenvalue weighted by Gasteiger charge is -2.10. The van der Waals surface area contributed by atoms with Gasteiger partial charge in [-0.05, 0) is 20.8 Å². The van der Waals surface area contributed by atoms with Crippen molar-refractivity contribution in [1.82, 2.24) is 15.6 Å². The largest absolute Gasteiger partial charge is 0.380 e. The number of aromatic nitrogens is 1. The number of ether oxygens (including phenoxy) is 1. The summed E-state index contributed by atoms with van der Waals surface area (Å²) in [6, 6.07) is 0. The average molecular weight is 398 g/mol. The van der Waals surface area contributed by atoms with Crippen molar-refractivity contribution in [2.24, 2.45) is 4.99 Å². The first-order chi connectivity index (χ1) is 8.76. The number of nitrogens with zero attached hydrogens (tertiary/aromatic N) is 2.